The smallest absolute Gasteiger partial charge is 0.179 e. The number of fused-ring (bicyclic) bond motifs is 1. The molecule has 0 aliphatic carbocycles. The number of H-pyrrole nitrogens is 1. The normalized spacial score (nSPS) is 24.3. The van der Waals surface area contributed by atoms with Crippen molar-refractivity contribution in [1.29, 1.82) is 0 Å². The SMILES string of the molecule is CNc1ccc2[nH]c(C3NCCCC3C)nc2n1. The summed E-state index contributed by atoms with van der Waals surface area (Å²) in [6.07, 6.45) is 2.50. The molecule has 1 aliphatic heterocycles. The van der Waals surface area contributed by atoms with E-state index in [0.29, 0.717) is 12.0 Å². The molecular weight excluding hydrogens is 226 g/mol. The summed E-state index contributed by atoms with van der Waals surface area (Å²) in [6.45, 7) is 3.34. The lowest BCUT2D eigenvalue weighted by atomic mass is 9.92. The highest BCUT2D eigenvalue weighted by atomic mass is 15.1. The van der Waals surface area contributed by atoms with E-state index in [9.17, 15) is 0 Å². The molecule has 0 radical (unpaired) electrons. The van der Waals surface area contributed by atoms with Crippen LogP contribution < -0.4 is 10.6 Å². The molecule has 96 valence electrons. The first-order valence-electron chi connectivity index (χ1n) is 6.55. The molecule has 2 aromatic rings. The molecule has 0 amide bonds. The van der Waals surface area contributed by atoms with E-state index in [1.54, 1.807) is 0 Å². The van der Waals surface area contributed by atoms with Crippen LogP contribution in [0.15, 0.2) is 12.1 Å². The summed E-state index contributed by atoms with van der Waals surface area (Å²) in [5.41, 5.74) is 1.79. The van der Waals surface area contributed by atoms with Crippen LogP contribution >= 0.6 is 0 Å². The molecule has 0 saturated carbocycles. The van der Waals surface area contributed by atoms with Gasteiger partial charge in [0.2, 0.25) is 0 Å². The predicted octanol–water partition coefficient (Wildman–Crippen LogP) is 2.06. The molecule has 5 nitrogen and oxygen atoms in total. The molecule has 3 N–H and O–H groups in total. The van der Waals surface area contributed by atoms with Crippen molar-refractivity contribution in [3.8, 4) is 0 Å². The van der Waals surface area contributed by atoms with E-state index < -0.39 is 0 Å². The van der Waals surface area contributed by atoms with E-state index in [1.165, 1.54) is 12.8 Å². The van der Waals surface area contributed by atoms with Crippen molar-refractivity contribution in [3.05, 3.63) is 18.0 Å². The molecule has 0 spiro atoms. The summed E-state index contributed by atoms with van der Waals surface area (Å²) in [5.74, 6) is 2.48. The minimum absolute atomic E-state index is 0.325. The van der Waals surface area contributed by atoms with Gasteiger partial charge in [-0.25, -0.2) is 9.97 Å². The van der Waals surface area contributed by atoms with Gasteiger partial charge >= 0.3 is 0 Å². The molecule has 2 atom stereocenters. The highest BCUT2D eigenvalue weighted by molar-refractivity contribution is 5.73. The summed E-state index contributed by atoms with van der Waals surface area (Å²) in [5, 5.41) is 6.57. The average molecular weight is 245 g/mol. The number of anilines is 1. The number of nitrogens with one attached hydrogen (secondary N) is 3. The van der Waals surface area contributed by atoms with Crippen molar-refractivity contribution in [1.82, 2.24) is 20.3 Å². The number of nitrogens with zero attached hydrogens (tertiary/aromatic N) is 2. The Bertz CT molecular complexity index is 547. The zero-order valence-electron chi connectivity index (χ0n) is 10.8. The van der Waals surface area contributed by atoms with E-state index in [0.717, 1.165) is 29.4 Å². The van der Waals surface area contributed by atoms with E-state index in [1.807, 2.05) is 19.2 Å². The van der Waals surface area contributed by atoms with Gasteiger partial charge in [-0.15, -0.1) is 0 Å². The minimum atomic E-state index is 0.325. The number of aromatic amines is 1. The lowest BCUT2D eigenvalue weighted by Crippen LogP contribution is -2.33. The molecule has 0 aromatic carbocycles. The van der Waals surface area contributed by atoms with Crippen LogP contribution in [0.25, 0.3) is 11.2 Å². The molecule has 1 fully saturated rings. The van der Waals surface area contributed by atoms with Crippen molar-refractivity contribution in [2.75, 3.05) is 18.9 Å². The Morgan fingerprint density at radius 2 is 2.22 bits per heavy atom. The highest BCUT2D eigenvalue weighted by Crippen LogP contribution is 2.28. The minimum Gasteiger partial charge on any atom is -0.373 e. The number of pyridine rings is 1. The third-order valence-electron chi connectivity index (χ3n) is 3.68. The lowest BCUT2D eigenvalue weighted by molar-refractivity contribution is 0.296. The van der Waals surface area contributed by atoms with Gasteiger partial charge in [-0.3, -0.25) is 0 Å². The van der Waals surface area contributed by atoms with Crippen LogP contribution in [0.4, 0.5) is 5.82 Å². The van der Waals surface area contributed by atoms with E-state index in [2.05, 4.69) is 32.5 Å². The van der Waals surface area contributed by atoms with Gasteiger partial charge in [-0.2, -0.15) is 0 Å². The van der Waals surface area contributed by atoms with Crippen LogP contribution in [0.1, 0.15) is 31.6 Å². The maximum Gasteiger partial charge on any atom is 0.179 e. The van der Waals surface area contributed by atoms with Gasteiger partial charge in [-0.1, -0.05) is 6.92 Å². The Morgan fingerprint density at radius 1 is 1.33 bits per heavy atom. The first-order chi connectivity index (χ1) is 8.78. The largest absolute Gasteiger partial charge is 0.373 e. The standard InChI is InChI=1S/C13H19N5/c1-8-4-3-7-15-11(8)13-16-9-5-6-10(14-2)17-12(9)18-13/h5-6,8,11,15H,3-4,7H2,1-2H3,(H2,14,16,17,18). The van der Waals surface area contributed by atoms with Crippen LogP contribution in [0.3, 0.4) is 0 Å². The molecule has 1 saturated heterocycles. The zero-order valence-corrected chi connectivity index (χ0v) is 10.8. The van der Waals surface area contributed by atoms with Crippen LogP contribution in [0, 0.1) is 5.92 Å². The number of piperidine rings is 1. The topological polar surface area (TPSA) is 65.6 Å². The lowest BCUT2D eigenvalue weighted by Gasteiger charge is -2.28. The van der Waals surface area contributed by atoms with Crippen molar-refractivity contribution < 1.29 is 0 Å². The molecule has 2 unspecified atom stereocenters. The van der Waals surface area contributed by atoms with Gasteiger partial charge in [0.05, 0.1) is 11.6 Å². The second-order valence-corrected chi connectivity index (χ2v) is 4.99. The quantitative estimate of drug-likeness (QED) is 0.757. The Kier molecular flexibility index (Phi) is 2.91. The third kappa shape index (κ3) is 1.95. The molecule has 5 heteroatoms. The van der Waals surface area contributed by atoms with Crippen molar-refractivity contribution in [2.45, 2.75) is 25.8 Å². The zero-order chi connectivity index (χ0) is 12.5. The maximum absolute atomic E-state index is 4.63. The number of hydrogen-bond acceptors (Lipinski definition) is 4. The molecule has 1 aliphatic rings. The van der Waals surface area contributed by atoms with Gasteiger partial charge in [0.1, 0.15) is 11.6 Å². The van der Waals surface area contributed by atoms with Crippen LogP contribution in [0.2, 0.25) is 0 Å². The Morgan fingerprint density at radius 3 is 3.00 bits per heavy atom. The number of aromatic nitrogens is 3. The second kappa shape index (κ2) is 4.57. The number of rotatable bonds is 2. The highest BCUT2D eigenvalue weighted by Gasteiger charge is 2.25. The van der Waals surface area contributed by atoms with Crippen molar-refractivity contribution in [2.24, 2.45) is 5.92 Å². The summed E-state index contributed by atoms with van der Waals surface area (Å²) < 4.78 is 0. The summed E-state index contributed by atoms with van der Waals surface area (Å²) in [4.78, 5) is 12.5. The van der Waals surface area contributed by atoms with E-state index in [-0.39, 0.29) is 0 Å². The molecule has 18 heavy (non-hydrogen) atoms. The van der Waals surface area contributed by atoms with E-state index in [4.69, 9.17) is 0 Å². The van der Waals surface area contributed by atoms with Gasteiger partial charge in [-0.05, 0) is 37.4 Å². The van der Waals surface area contributed by atoms with Gasteiger partial charge < -0.3 is 15.6 Å². The summed E-state index contributed by atoms with van der Waals surface area (Å²) >= 11 is 0. The van der Waals surface area contributed by atoms with Crippen LogP contribution in [-0.2, 0) is 0 Å². The van der Waals surface area contributed by atoms with Crippen molar-refractivity contribution >= 4 is 17.0 Å². The van der Waals surface area contributed by atoms with Gasteiger partial charge in [0.25, 0.3) is 0 Å². The van der Waals surface area contributed by atoms with Gasteiger partial charge in [0.15, 0.2) is 5.65 Å². The number of imidazole rings is 1. The predicted molar refractivity (Wildman–Crippen MR) is 72.6 cm³/mol. The Hall–Kier alpha value is -1.62. The molecule has 3 rings (SSSR count). The van der Waals surface area contributed by atoms with Crippen LogP contribution in [-0.4, -0.2) is 28.5 Å². The van der Waals surface area contributed by atoms with E-state index >= 15 is 0 Å². The fraction of sp³-hybridized carbons (Fsp3) is 0.538. The molecule has 0 bridgehead atoms. The third-order valence-corrected chi connectivity index (χ3v) is 3.68. The fourth-order valence-electron chi connectivity index (χ4n) is 2.61. The number of hydrogen-bond donors (Lipinski definition) is 3. The van der Waals surface area contributed by atoms with Crippen molar-refractivity contribution in [3.63, 3.8) is 0 Å². The molecule has 2 aromatic heterocycles. The second-order valence-electron chi connectivity index (χ2n) is 4.99. The van der Waals surface area contributed by atoms with Gasteiger partial charge in [0, 0.05) is 7.05 Å². The molecular formula is C13H19N5. The maximum atomic E-state index is 4.63. The Balaban J connectivity index is 1.97. The monoisotopic (exact) mass is 245 g/mol. The van der Waals surface area contributed by atoms with Crippen LogP contribution in [0.5, 0.6) is 0 Å². The summed E-state index contributed by atoms with van der Waals surface area (Å²) in [6, 6.07) is 4.31. The molecule has 3 heterocycles. The first-order valence-corrected chi connectivity index (χ1v) is 6.55. The fourth-order valence-corrected chi connectivity index (χ4v) is 2.61. The first kappa shape index (κ1) is 11.5. The Labute approximate surface area is 106 Å². The summed E-state index contributed by atoms with van der Waals surface area (Å²) in [7, 11) is 1.87. The average Bonchev–Trinajstić information content (AvgIpc) is 2.81.